The molecule has 3 rings (SSSR count). The summed E-state index contributed by atoms with van der Waals surface area (Å²) in [6, 6.07) is 10.7. The number of para-hydroxylation sites is 1. The Morgan fingerprint density at radius 1 is 1.29 bits per heavy atom. The van der Waals surface area contributed by atoms with Gasteiger partial charge in [0, 0.05) is 24.7 Å². The number of pyridine rings is 1. The van der Waals surface area contributed by atoms with E-state index >= 15 is 0 Å². The van der Waals surface area contributed by atoms with E-state index in [1.165, 1.54) is 36.9 Å². The van der Waals surface area contributed by atoms with Crippen LogP contribution < -0.4 is 5.32 Å². The third kappa shape index (κ3) is 3.60. The average molecular weight is 283 g/mol. The number of likely N-dealkylation sites (tertiary alicyclic amines) is 1. The van der Waals surface area contributed by atoms with Gasteiger partial charge in [-0.3, -0.25) is 9.88 Å². The van der Waals surface area contributed by atoms with Gasteiger partial charge in [-0.25, -0.2) is 0 Å². The Balaban J connectivity index is 1.70. The van der Waals surface area contributed by atoms with Crippen LogP contribution in [0.1, 0.15) is 25.3 Å². The van der Waals surface area contributed by atoms with Gasteiger partial charge in [0.25, 0.3) is 0 Å². The maximum atomic E-state index is 4.58. The molecular weight excluding hydrogens is 258 g/mol. The van der Waals surface area contributed by atoms with Gasteiger partial charge >= 0.3 is 0 Å². The van der Waals surface area contributed by atoms with Crippen molar-refractivity contribution < 1.29 is 0 Å². The van der Waals surface area contributed by atoms with E-state index in [-0.39, 0.29) is 0 Å². The smallest absolute Gasteiger partial charge is 0.0746 e. The Labute approximate surface area is 127 Å². The Morgan fingerprint density at radius 3 is 3.10 bits per heavy atom. The van der Waals surface area contributed by atoms with Gasteiger partial charge in [0.05, 0.1) is 5.52 Å². The van der Waals surface area contributed by atoms with Crippen molar-refractivity contribution in [1.29, 1.82) is 0 Å². The number of hydrogen-bond donors (Lipinski definition) is 1. The van der Waals surface area contributed by atoms with Crippen LogP contribution in [0.3, 0.4) is 0 Å². The van der Waals surface area contributed by atoms with Gasteiger partial charge in [-0.15, -0.1) is 0 Å². The molecule has 1 unspecified atom stereocenters. The monoisotopic (exact) mass is 283 g/mol. The van der Waals surface area contributed by atoms with Crippen LogP contribution in [0.5, 0.6) is 0 Å². The second-order valence-corrected chi connectivity index (χ2v) is 6.04. The molecule has 0 bridgehead atoms. The molecule has 1 aromatic carbocycles. The Kier molecular flexibility index (Phi) is 4.84. The van der Waals surface area contributed by atoms with Gasteiger partial charge < -0.3 is 5.32 Å². The van der Waals surface area contributed by atoms with E-state index in [1.54, 1.807) is 0 Å². The Bertz CT molecular complexity index is 576. The molecule has 1 fully saturated rings. The molecule has 3 nitrogen and oxygen atoms in total. The van der Waals surface area contributed by atoms with Crippen LogP contribution in [-0.2, 0) is 6.54 Å². The topological polar surface area (TPSA) is 28.2 Å². The van der Waals surface area contributed by atoms with Crippen molar-refractivity contribution in [3.05, 3.63) is 42.1 Å². The number of nitrogens with one attached hydrogen (secondary N) is 1. The van der Waals surface area contributed by atoms with Crippen LogP contribution >= 0.6 is 0 Å². The van der Waals surface area contributed by atoms with Gasteiger partial charge in [-0.1, -0.05) is 31.2 Å². The lowest BCUT2D eigenvalue weighted by atomic mass is 9.97. The molecule has 0 aliphatic carbocycles. The SMILES string of the molecule is CCNCC1CCCN(Cc2cccc3cccnc23)C1. The number of hydrogen-bond acceptors (Lipinski definition) is 3. The molecular formula is C18H25N3. The highest BCUT2D eigenvalue weighted by Gasteiger charge is 2.20. The molecule has 1 saturated heterocycles. The van der Waals surface area contributed by atoms with Crippen molar-refractivity contribution in [2.45, 2.75) is 26.3 Å². The van der Waals surface area contributed by atoms with E-state index in [4.69, 9.17) is 0 Å². The summed E-state index contributed by atoms with van der Waals surface area (Å²) in [5.74, 6) is 0.793. The number of piperidine rings is 1. The highest BCUT2D eigenvalue weighted by Crippen LogP contribution is 2.21. The lowest BCUT2D eigenvalue weighted by Gasteiger charge is -2.33. The van der Waals surface area contributed by atoms with Gasteiger partial charge in [0.1, 0.15) is 0 Å². The summed E-state index contributed by atoms with van der Waals surface area (Å²) < 4.78 is 0. The zero-order chi connectivity index (χ0) is 14.5. The summed E-state index contributed by atoms with van der Waals surface area (Å²) in [6.07, 6.45) is 4.57. The van der Waals surface area contributed by atoms with Crippen LogP contribution in [0.2, 0.25) is 0 Å². The maximum absolute atomic E-state index is 4.58. The molecule has 0 spiro atoms. The lowest BCUT2D eigenvalue weighted by molar-refractivity contribution is 0.166. The van der Waals surface area contributed by atoms with E-state index in [0.717, 1.165) is 31.1 Å². The van der Waals surface area contributed by atoms with Crippen molar-refractivity contribution in [2.75, 3.05) is 26.2 Å². The van der Waals surface area contributed by atoms with E-state index in [1.807, 2.05) is 12.3 Å². The first-order valence-corrected chi connectivity index (χ1v) is 8.12. The second-order valence-electron chi connectivity index (χ2n) is 6.04. The molecule has 0 radical (unpaired) electrons. The normalized spacial score (nSPS) is 20.0. The first kappa shape index (κ1) is 14.5. The van der Waals surface area contributed by atoms with Crippen LogP contribution in [0.25, 0.3) is 10.9 Å². The third-order valence-corrected chi connectivity index (χ3v) is 4.40. The number of nitrogens with zero attached hydrogens (tertiary/aromatic N) is 2. The van der Waals surface area contributed by atoms with E-state index in [2.05, 4.69) is 46.4 Å². The number of aromatic nitrogens is 1. The first-order chi connectivity index (χ1) is 10.4. The minimum absolute atomic E-state index is 0.793. The molecule has 0 amide bonds. The molecule has 112 valence electrons. The fraction of sp³-hybridized carbons (Fsp3) is 0.500. The fourth-order valence-corrected chi connectivity index (χ4v) is 3.35. The summed E-state index contributed by atoms with van der Waals surface area (Å²) in [6.45, 7) is 7.85. The zero-order valence-electron chi connectivity index (χ0n) is 12.9. The van der Waals surface area contributed by atoms with Crippen molar-refractivity contribution in [2.24, 2.45) is 5.92 Å². The van der Waals surface area contributed by atoms with Crippen LogP contribution in [0.4, 0.5) is 0 Å². The highest BCUT2D eigenvalue weighted by atomic mass is 15.1. The zero-order valence-corrected chi connectivity index (χ0v) is 12.9. The summed E-state index contributed by atoms with van der Waals surface area (Å²) in [4.78, 5) is 7.17. The minimum atomic E-state index is 0.793. The quantitative estimate of drug-likeness (QED) is 0.914. The van der Waals surface area contributed by atoms with Crippen LogP contribution in [0.15, 0.2) is 36.5 Å². The summed E-state index contributed by atoms with van der Waals surface area (Å²) >= 11 is 0. The van der Waals surface area contributed by atoms with Crippen molar-refractivity contribution in [1.82, 2.24) is 15.2 Å². The number of rotatable bonds is 5. The molecule has 2 heterocycles. The van der Waals surface area contributed by atoms with Crippen molar-refractivity contribution in [3.63, 3.8) is 0 Å². The molecule has 1 N–H and O–H groups in total. The minimum Gasteiger partial charge on any atom is -0.317 e. The number of benzene rings is 1. The van der Waals surface area contributed by atoms with Crippen molar-refractivity contribution in [3.8, 4) is 0 Å². The third-order valence-electron chi connectivity index (χ3n) is 4.40. The second kappa shape index (κ2) is 7.01. The molecule has 1 aliphatic rings. The van der Waals surface area contributed by atoms with E-state index in [0.29, 0.717) is 0 Å². The summed E-state index contributed by atoms with van der Waals surface area (Å²) in [5, 5.41) is 4.74. The van der Waals surface area contributed by atoms with E-state index in [9.17, 15) is 0 Å². The van der Waals surface area contributed by atoms with Gasteiger partial charge in [-0.2, -0.15) is 0 Å². The van der Waals surface area contributed by atoms with Gasteiger partial charge in [-0.05, 0) is 50.0 Å². The summed E-state index contributed by atoms with van der Waals surface area (Å²) in [7, 11) is 0. The molecule has 1 atom stereocenters. The Hall–Kier alpha value is -1.45. The molecule has 3 heteroatoms. The summed E-state index contributed by atoms with van der Waals surface area (Å²) in [5.41, 5.74) is 2.52. The predicted octanol–water partition coefficient (Wildman–Crippen LogP) is 3.06. The largest absolute Gasteiger partial charge is 0.317 e. The van der Waals surface area contributed by atoms with E-state index < -0.39 is 0 Å². The molecule has 21 heavy (non-hydrogen) atoms. The first-order valence-electron chi connectivity index (χ1n) is 8.12. The van der Waals surface area contributed by atoms with Gasteiger partial charge in [0.15, 0.2) is 0 Å². The Morgan fingerprint density at radius 2 is 2.19 bits per heavy atom. The lowest BCUT2D eigenvalue weighted by Crippen LogP contribution is -2.39. The van der Waals surface area contributed by atoms with Crippen LogP contribution in [0, 0.1) is 5.92 Å². The maximum Gasteiger partial charge on any atom is 0.0746 e. The van der Waals surface area contributed by atoms with Gasteiger partial charge in [0.2, 0.25) is 0 Å². The van der Waals surface area contributed by atoms with Crippen LogP contribution in [-0.4, -0.2) is 36.1 Å². The predicted molar refractivity (Wildman–Crippen MR) is 88.3 cm³/mol. The molecule has 0 saturated carbocycles. The standard InChI is InChI=1S/C18H25N3/c1-2-19-12-15-6-5-11-21(13-15)14-17-8-3-7-16-9-4-10-20-18(16)17/h3-4,7-10,15,19H,2,5-6,11-14H2,1H3. The number of fused-ring (bicyclic) bond motifs is 1. The molecule has 1 aromatic heterocycles. The average Bonchev–Trinajstić information content (AvgIpc) is 2.54. The highest BCUT2D eigenvalue weighted by molar-refractivity contribution is 5.81. The van der Waals surface area contributed by atoms with Crippen molar-refractivity contribution >= 4 is 10.9 Å². The molecule has 2 aromatic rings. The fourth-order valence-electron chi connectivity index (χ4n) is 3.35. The molecule has 1 aliphatic heterocycles.